The maximum Gasteiger partial charge on any atom is 0.307 e. The van der Waals surface area contributed by atoms with Crippen molar-refractivity contribution in [2.45, 2.75) is 18.2 Å². The number of rotatable bonds is 8. The number of nitrogens with one attached hydrogen (secondary N) is 1. The molecule has 0 bridgehead atoms. The van der Waals surface area contributed by atoms with Crippen LogP contribution in [0.1, 0.15) is 13.3 Å². The normalized spacial score (nSPS) is 9.90. The van der Waals surface area contributed by atoms with Crippen LogP contribution in [0.25, 0.3) is 0 Å². The Hall–Kier alpha value is -1.69. The summed E-state index contributed by atoms with van der Waals surface area (Å²) >= 11 is 1.44. The van der Waals surface area contributed by atoms with Crippen LogP contribution in [0.4, 0.5) is 0 Å². The van der Waals surface area contributed by atoms with Crippen molar-refractivity contribution in [3.63, 3.8) is 0 Å². The first-order chi connectivity index (χ1) is 9.65. The Morgan fingerprint density at radius 1 is 1.25 bits per heavy atom. The zero-order chi connectivity index (χ0) is 14.8. The molecule has 20 heavy (non-hydrogen) atoms. The molecular formula is C14H19NO4S. The fourth-order valence-corrected chi connectivity index (χ4v) is 2.13. The van der Waals surface area contributed by atoms with E-state index in [4.69, 9.17) is 4.74 Å². The molecule has 5 nitrogen and oxygen atoms in total. The monoisotopic (exact) mass is 297 g/mol. The minimum Gasteiger partial charge on any atom is -0.494 e. The highest BCUT2D eigenvalue weighted by atomic mass is 32.2. The summed E-state index contributed by atoms with van der Waals surface area (Å²) in [5.41, 5.74) is 0. The Morgan fingerprint density at radius 3 is 2.55 bits per heavy atom. The van der Waals surface area contributed by atoms with E-state index in [2.05, 4.69) is 10.1 Å². The molecule has 1 N–H and O–H groups in total. The zero-order valence-corrected chi connectivity index (χ0v) is 12.5. The maximum absolute atomic E-state index is 11.5. The van der Waals surface area contributed by atoms with E-state index in [1.165, 1.54) is 18.9 Å². The molecular weight excluding hydrogens is 278 g/mol. The van der Waals surface area contributed by atoms with E-state index in [0.717, 1.165) is 10.6 Å². The van der Waals surface area contributed by atoms with Crippen LogP contribution in [0, 0.1) is 0 Å². The van der Waals surface area contributed by atoms with Crippen LogP contribution in [0.3, 0.4) is 0 Å². The Bertz CT molecular complexity index is 433. The van der Waals surface area contributed by atoms with Gasteiger partial charge in [0.15, 0.2) is 0 Å². The number of hydrogen-bond donors (Lipinski definition) is 1. The minimum absolute atomic E-state index is 0.104. The third-order valence-electron chi connectivity index (χ3n) is 2.38. The highest BCUT2D eigenvalue weighted by Crippen LogP contribution is 2.21. The predicted octanol–water partition coefficient (Wildman–Crippen LogP) is 1.86. The summed E-state index contributed by atoms with van der Waals surface area (Å²) in [6, 6.07) is 7.58. The average molecular weight is 297 g/mol. The Kier molecular flexibility index (Phi) is 7.57. The molecule has 6 heteroatoms. The molecule has 0 aliphatic rings. The lowest BCUT2D eigenvalue weighted by Crippen LogP contribution is -2.27. The Labute approximate surface area is 123 Å². The quantitative estimate of drug-likeness (QED) is 0.586. The van der Waals surface area contributed by atoms with Gasteiger partial charge in [0.05, 0.1) is 25.9 Å². The van der Waals surface area contributed by atoms with E-state index in [1.807, 2.05) is 31.2 Å². The zero-order valence-electron chi connectivity index (χ0n) is 11.7. The van der Waals surface area contributed by atoms with E-state index in [-0.39, 0.29) is 18.3 Å². The third kappa shape index (κ3) is 6.47. The molecule has 0 saturated carbocycles. The van der Waals surface area contributed by atoms with Gasteiger partial charge in [0, 0.05) is 11.4 Å². The number of esters is 1. The summed E-state index contributed by atoms with van der Waals surface area (Å²) in [6.07, 6.45) is 0.190. The molecule has 1 aromatic rings. The molecule has 110 valence electrons. The first-order valence-corrected chi connectivity index (χ1v) is 7.33. The second-order valence-electron chi connectivity index (χ2n) is 3.87. The van der Waals surface area contributed by atoms with Crippen molar-refractivity contribution in [2.24, 2.45) is 0 Å². The number of amides is 1. The molecule has 0 aromatic heterocycles. The fourth-order valence-electron chi connectivity index (χ4n) is 1.40. The Balaban J connectivity index is 2.24. The topological polar surface area (TPSA) is 64.6 Å². The van der Waals surface area contributed by atoms with Gasteiger partial charge in [-0.25, -0.2) is 0 Å². The molecule has 0 radical (unpaired) electrons. The van der Waals surface area contributed by atoms with Gasteiger partial charge < -0.3 is 14.8 Å². The molecule has 1 aromatic carbocycles. The summed E-state index contributed by atoms with van der Waals surface area (Å²) in [5.74, 6) is 0.700. The third-order valence-corrected chi connectivity index (χ3v) is 3.40. The minimum atomic E-state index is -0.329. The van der Waals surface area contributed by atoms with Gasteiger partial charge in [0.1, 0.15) is 5.75 Å². The van der Waals surface area contributed by atoms with Gasteiger partial charge in [-0.1, -0.05) is 0 Å². The van der Waals surface area contributed by atoms with E-state index in [0.29, 0.717) is 18.9 Å². The van der Waals surface area contributed by atoms with Crippen molar-refractivity contribution in [3.05, 3.63) is 24.3 Å². The lowest BCUT2D eigenvalue weighted by Gasteiger charge is -2.06. The van der Waals surface area contributed by atoms with Crippen molar-refractivity contribution in [2.75, 3.05) is 26.0 Å². The predicted molar refractivity (Wildman–Crippen MR) is 78.0 cm³/mol. The average Bonchev–Trinajstić information content (AvgIpc) is 2.46. The molecule has 0 fully saturated rings. The van der Waals surface area contributed by atoms with E-state index >= 15 is 0 Å². The summed E-state index contributed by atoms with van der Waals surface area (Å²) in [5, 5.41) is 2.66. The number of ether oxygens (including phenoxy) is 2. The van der Waals surface area contributed by atoms with Crippen LogP contribution in [-0.2, 0) is 14.3 Å². The smallest absolute Gasteiger partial charge is 0.307 e. The van der Waals surface area contributed by atoms with Crippen LogP contribution in [0.5, 0.6) is 5.75 Å². The summed E-state index contributed by atoms with van der Waals surface area (Å²) in [6.45, 7) is 2.87. The highest BCUT2D eigenvalue weighted by Gasteiger charge is 2.05. The number of carbonyl (C=O) groups excluding carboxylic acids is 2. The van der Waals surface area contributed by atoms with Gasteiger partial charge >= 0.3 is 5.97 Å². The largest absolute Gasteiger partial charge is 0.494 e. The second kappa shape index (κ2) is 9.25. The summed E-state index contributed by atoms with van der Waals surface area (Å²) < 4.78 is 9.83. The SMILES string of the molecule is CCOc1ccc(SCC(=O)NCCC(=O)OC)cc1. The van der Waals surface area contributed by atoms with Crippen LogP contribution >= 0.6 is 11.8 Å². The van der Waals surface area contributed by atoms with Crippen LogP contribution in [0.2, 0.25) is 0 Å². The van der Waals surface area contributed by atoms with E-state index in [9.17, 15) is 9.59 Å². The standard InChI is InChI=1S/C14H19NO4S/c1-3-19-11-4-6-12(7-5-11)20-10-13(16)15-9-8-14(17)18-2/h4-7H,3,8-10H2,1-2H3,(H,15,16). The van der Waals surface area contributed by atoms with Gasteiger partial charge in [-0.2, -0.15) is 0 Å². The van der Waals surface area contributed by atoms with Gasteiger partial charge in [0.2, 0.25) is 5.91 Å². The number of thioether (sulfide) groups is 1. The lowest BCUT2D eigenvalue weighted by atomic mass is 10.3. The maximum atomic E-state index is 11.5. The number of benzene rings is 1. The molecule has 0 heterocycles. The summed E-state index contributed by atoms with van der Waals surface area (Å²) in [7, 11) is 1.33. The van der Waals surface area contributed by atoms with Gasteiger partial charge in [-0.15, -0.1) is 11.8 Å². The first-order valence-electron chi connectivity index (χ1n) is 6.35. The van der Waals surface area contributed by atoms with Crippen LogP contribution in [0.15, 0.2) is 29.2 Å². The van der Waals surface area contributed by atoms with Crippen LogP contribution < -0.4 is 10.1 Å². The van der Waals surface area contributed by atoms with E-state index < -0.39 is 0 Å². The molecule has 0 aliphatic heterocycles. The molecule has 0 saturated heterocycles. The second-order valence-corrected chi connectivity index (χ2v) is 4.92. The van der Waals surface area contributed by atoms with Crippen LogP contribution in [-0.4, -0.2) is 37.9 Å². The number of methoxy groups -OCH3 is 1. The van der Waals surface area contributed by atoms with Gasteiger partial charge in [0.25, 0.3) is 0 Å². The lowest BCUT2D eigenvalue weighted by molar-refractivity contribution is -0.140. The van der Waals surface area contributed by atoms with Crippen molar-refractivity contribution < 1.29 is 19.1 Å². The first kappa shape index (κ1) is 16.4. The molecule has 0 aliphatic carbocycles. The van der Waals surface area contributed by atoms with Gasteiger partial charge in [-0.3, -0.25) is 9.59 Å². The summed E-state index contributed by atoms with van der Waals surface area (Å²) in [4.78, 5) is 23.4. The van der Waals surface area contributed by atoms with E-state index in [1.54, 1.807) is 0 Å². The molecule has 0 atom stereocenters. The Morgan fingerprint density at radius 2 is 1.95 bits per heavy atom. The number of carbonyl (C=O) groups is 2. The van der Waals surface area contributed by atoms with Crippen molar-refractivity contribution in [3.8, 4) is 5.75 Å². The molecule has 1 rings (SSSR count). The molecule has 0 unspecified atom stereocenters. The fraction of sp³-hybridized carbons (Fsp3) is 0.429. The van der Waals surface area contributed by atoms with Crippen molar-refractivity contribution in [1.82, 2.24) is 5.32 Å². The number of hydrogen-bond acceptors (Lipinski definition) is 5. The van der Waals surface area contributed by atoms with Gasteiger partial charge in [-0.05, 0) is 31.2 Å². The molecule has 1 amide bonds. The van der Waals surface area contributed by atoms with Crippen molar-refractivity contribution in [1.29, 1.82) is 0 Å². The molecule has 0 spiro atoms. The highest BCUT2D eigenvalue weighted by molar-refractivity contribution is 8.00. The van der Waals surface area contributed by atoms with Crippen molar-refractivity contribution >= 4 is 23.6 Å².